The molecule has 0 aromatic rings. The molecule has 0 aliphatic rings. The van der Waals surface area contributed by atoms with Gasteiger partial charge in [0.2, 0.25) is 5.78 Å². The Kier molecular flexibility index (Phi) is 7.81. The maximum atomic E-state index is 11.8. The topological polar surface area (TPSA) is 63.4 Å². The molecule has 0 rings (SSSR count). The lowest BCUT2D eigenvalue weighted by Crippen LogP contribution is -2.45. The fourth-order valence-electron chi connectivity index (χ4n) is 1.51. The average molecular weight is 228 g/mol. The first-order valence-corrected chi connectivity index (χ1v) is 6.17. The van der Waals surface area contributed by atoms with Crippen LogP contribution in [-0.2, 0) is 9.59 Å². The number of unbranched alkanes of at least 4 members (excludes halogenated alkanes) is 1. The second kappa shape index (κ2) is 8.28. The van der Waals surface area contributed by atoms with Crippen LogP contribution in [0.1, 0.15) is 46.5 Å². The summed E-state index contributed by atoms with van der Waals surface area (Å²) in [5, 5.41) is 0. The second-order valence-corrected chi connectivity index (χ2v) is 4.00. The molecule has 94 valence electrons. The van der Waals surface area contributed by atoms with Gasteiger partial charge in [-0.3, -0.25) is 9.59 Å². The lowest BCUT2D eigenvalue weighted by atomic mass is 10.1. The van der Waals surface area contributed by atoms with Crippen molar-refractivity contribution in [3.63, 3.8) is 0 Å². The van der Waals surface area contributed by atoms with Crippen LogP contribution in [0.4, 0.5) is 0 Å². The standard InChI is InChI=1S/C12H24N2O2/c1-4-7-9-14(6-3)12(16)11(15)10(13)8-5-2/h10H,4-9,13H2,1-3H3. The van der Waals surface area contributed by atoms with Crippen LogP contribution < -0.4 is 5.73 Å². The quantitative estimate of drug-likeness (QED) is 0.637. The Morgan fingerprint density at radius 2 is 1.81 bits per heavy atom. The molecule has 0 bridgehead atoms. The molecule has 1 atom stereocenters. The molecule has 0 radical (unpaired) electrons. The monoisotopic (exact) mass is 228 g/mol. The summed E-state index contributed by atoms with van der Waals surface area (Å²) in [4.78, 5) is 25.1. The van der Waals surface area contributed by atoms with Crippen molar-refractivity contribution in [3.05, 3.63) is 0 Å². The number of amides is 1. The van der Waals surface area contributed by atoms with Crippen molar-refractivity contribution < 1.29 is 9.59 Å². The maximum Gasteiger partial charge on any atom is 0.291 e. The number of carbonyl (C=O) groups excluding carboxylic acids is 2. The molecule has 0 saturated carbocycles. The molecule has 0 aromatic heterocycles. The number of nitrogens with zero attached hydrogens (tertiary/aromatic N) is 1. The normalized spacial score (nSPS) is 12.2. The van der Waals surface area contributed by atoms with E-state index in [1.54, 1.807) is 4.90 Å². The number of ketones is 1. The van der Waals surface area contributed by atoms with E-state index in [9.17, 15) is 9.59 Å². The molecule has 1 amide bonds. The smallest absolute Gasteiger partial charge is 0.291 e. The maximum absolute atomic E-state index is 11.8. The van der Waals surface area contributed by atoms with Crippen molar-refractivity contribution in [1.82, 2.24) is 4.90 Å². The van der Waals surface area contributed by atoms with Gasteiger partial charge in [0, 0.05) is 13.1 Å². The molecule has 4 heteroatoms. The zero-order chi connectivity index (χ0) is 12.6. The van der Waals surface area contributed by atoms with E-state index in [0.29, 0.717) is 19.5 Å². The molecule has 0 aliphatic heterocycles. The van der Waals surface area contributed by atoms with Crippen molar-refractivity contribution in [3.8, 4) is 0 Å². The molecular formula is C12H24N2O2. The highest BCUT2D eigenvalue weighted by Gasteiger charge is 2.25. The molecule has 4 nitrogen and oxygen atoms in total. The summed E-state index contributed by atoms with van der Waals surface area (Å²) in [5.41, 5.74) is 5.65. The number of rotatable bonds is 8. The van der Waals surface area contributed by atoms with E-state index in [1.807, 2.05) is 13.8 Å². The first-order valence-electron chi connectivity index (χ1n) is 6.17. The summed E-state index contributed by atoms with van der Waals surface area (Å²) in [7, 11) is 0. The van der Waals surface area contributed by atoms with Gasteiger partial charge in [0.25, 0.3) is 5.91 Å². The fourth-order valence-corrected chi connectivity index (χ4v) is 1.51. The van der Waals surface area contributed by atoms with Crippen molar-refractivity contribution in [2.75, 3.05) is 13.1 Å². The largest absolute Gasteiger partial charge is 0.336 e. The molecular weight excluding hydrogens is 204 g/mol. The zero-order valence-corrected chi connectivity index (χ0v) is 10.7. The number of likely N-dealkylation sites (N-methyl/N-ethyl adjacent to an activating group) is 1. The molecule has 0 spiro atoms. The van der Waals surface area contributed by atoms with Gasteiger partial charge in [0.15, 0.2) is 0 Å². The van der Waals surface area contributed by atoms with E-state index < -0.39 is 17.7 Å². The summed E-state index contributed by atoms with van der Waals surface area (Å²) in [5.74, 6) is -0.864. The molecule has 1 unspecified atom stereocenters. The van der Waals surface area contributed by atoms with E-state index >= 15 is 0 Å². The third-order valence-electron chi connectivity index (χ3n) is 2.60. The van der Waals surface area contributed by atoms with E-state index in [4.69, 9.17) is 5.73 Å². The number of hydrogen-bond donors (Lipinski definition) is 1. The minimum atomic E-state index is -0.631. The Bertz CT molecular complexity index is 229. The van der Waals surface area contributed by atoms with Gasteiger partial charge in [-0.2, -0.15) is 0 Å². The zero-order valence-electron chi connectivity index (χ0n) is 10.7. The Morgan fingerprint density at radius 3 is 2.25 bits per heavy atom. The highest BCUT2D eigenvalue weighted by Crippen LogP contribution is 2.01. The Morgan fingerprint density at radius 1 is 1.19 bits per heavy atom. The first kappa shape index (κ1) is 15.1. The Labute approximate surface area is 98.2 Å². The third-order valence-corrected chi connectivity index (χ3v) is 2.60. The predicted molar refractivity (Wildman–Crippen MR) is 65.1 cm³/mol. The molecule has 0 aliphatic carbocycles. The van der Waals surface area contributed by atoms with Crippen LogP contribution in [0.5, 0.6) is 0 Å². The van der Waals surface area contributed by atoms with E-state index in [0.717, 1.165) is 19.3 Å². The van der Waals surface area contributed by atoms with Crippen molar-refractivity contribution in [1.29, 1.82) is 0 Å². The number of hydrogen-bond acceptors (Lipinski definition) is 3. The van der Waals surface area contributed by atoms with E-state index in [2.05, 4.69) is 6.92 Å². The van der Waals surface area contributed by atoms with Gasteiger partial charge in [-0.25, -0.2) is 0 Å². The lowest BCUT2D eigenvalue weighted by molar-refractivity contribution is -0.145. The Hall–Kier alpha value is -0.900. The molecule has 0 saturated heterocycles. The highest BCUT2D eigenvalue weighted by atomic mass is 16.2. The molecule has 0 heterocycles. The van der Waals surface area contributed by atoms with Gasteiger partial charge in [0.05, 0.1) is 6.04 Å². The van der Waals surface area contributed by atoms with Crippen LogP contribution in [0.25, 0.3) is 0 Å². The lowest BCUT2D eigenvalue weighted by Gasteiger charge is -2.21. The van der Waals surface area contributed by atoms with Gasteiger partial charge in [-0.05, 0) is 19.8 Å². The van der Waals surface area contributed by atoms with Crippen LogP contribution in [-0.4, -0.2) is 35.7 Å². The molecule has 0 fully saturated rings. The van der Waals surface area contributed by atoms with Crippen LogP contribution in [0, 0.1) is 0 Å². The third kappa shape index (κ3) is 4.75. The van der Waals surface area contributed by atoms with Crippen LogP contribution in [0.2, 0.25) is 0 Å². The van der Waals surface area contributed by atoms with Crippen molar-refractivity contribution in [2.45, 2.75) is 52.5 Å². The Balaban J connectivity index is 4.32. The summed E-state index contributed by atoms with van der Waals surface area (Å²) in [6, 6.07) is -0.631. The highest BCUT2D eigenvalue weighted by molar-refractivity contribution is 6.38. The molecule has 16 heavy (non-hydrogen) atoms. The van der Waals surface area contributed by atoms with Gasteiger partial charge in [-0.15, -0.1) is 0 Å². The van der Waals surface area contributed by atoms with Crippen LogP contribution >= 0.6 is 0 Å². The molecule has 0 aromatic carbocycles. The van der Waals surface area contributed by atoms with Gasteiger partial charge in [-0.1, -0.05) is 26.7 Å². The van der Waals surface area contributed by atoms with Crippen molar-refractivity contribution in [2.24, 2.45) is 5.73 Å². The van der Waals surface area contributed by atoms with Crippen LogP contribution in [0.3, 0.4) is 0 Å². The minimum Gasteiger partial charge on any atom is -0.336 e. The van der Waals surface area contributed by atoms with E-state index in [-0.39, 0.29) is 0 Å². The molecule has 2 N–H and O–H groups in total. The van der Waals surface area contributed by atoms with Crippen molar-refractivity contribution >= 4 is 11.7 Å². The fraction of sp³-hybridized carbons (Fsp3) is 0.833. The first-order chi connectivity index (χ1) is 7.58. The number of Topliss-reactive ketones (excluding diaryl/α,β-unsaturated/α-hetero) is 1. The summed E-state index contributed by atoms with van der Waals surface area (Å²) >= 11 is 0. The summed E-state index contributed by atoms with van der Waals surface area (Å²) in [6.07, 6.45) is 3.34. The van der Waals surface area contributed by atoms with Crippen LogP contribution in [0.15, 0.2) is 0 Å². The predicted octanol–water partition coefficient (Wildman–Crippen LogP) is 1.33. The number of carbonyl (C=O) groups is 2. The minimum absolute atomic E-state index is 0.420. The summed E-state index contributed by atoms with van der Waals surface area (Å²) in [6.45, 7) is 7.11. The second-order valence-electron chi connectivity index (χ2n) is 4.00. The SMILES string of the molecule is CCCCN(CC)C(=O)C(=O)C(N)CCC. The van der Waals surface area contributed by atoms with Gasteiger partial charge in [0.1, 0.15) is 0 Å². The van der Waals surface area contributed by atoms with Gasteiger partial charge >= 0.3 is 0 Å². The number of nitrogens with two attached hydrogens (primary N) is 1. The average Bonchev–Trinajstić information content (AvgIpc) is 2.29. The van der Waals surface area contributed by atoms with Gasteiger partial charge < -0.3 is 10.6 Å². The summed E-state index contributed by atoms with van der Waals surface area (Å²) < 4.78 is 0. The van der Waals surface area contributed by atoms with E-state index in [1.165, 1.54) is 0 Å².